The molecule has 0 aliphatic rings. The van der Waals surface area contributed by atoms with Crippen LogP contribution in [-0.2, 0) is 22.9 Å². The summed E-state index contributed by atoms with van der Waals surface area (Å²) < 4.78 is 23.1. The van der Waals surface area contributed by atoms with Gasteiger partial charge in [0.25, 0.3) is 5.56 Å². The second kappa shape index (κ2) is 8.82. The van der Waals surface area contributed by atoms with E-state index in [2.05, 4.69) is 21.0 Å². The molecule has 0 saturated carbocycles. The molecule has 0 bridgehead atoms. The molecule has 0 radical (unpaired) electrons. The molecule has 0 aliphatic carbocycles. The minimum absolute atomic E-state index is 0.00151. The fourth-order valence-corrected chi connectivity index (χ4v) is 3.89. The van der Waals surface area contributed by atoms with Gasteiger partial charge in [0.1, 0.15) is 10.7 Å². The van der Waals surface area contributed by atoms with E-state index in [4.69, 9.17) is 11.6 Å². The maximum atomic E-state index is 13.0. The van der Waals surface area contributed by atoms with Crippen LogP contribution in [0.5, 0.6) is 0 Å². The third-order valence-corrected chi connectivity index (χ3v) is 5.31. The van der Waals surface area contributed by atoms with Crippen molar-refractivity contribution in [1.29, 1.82) is 0 Å². The molecule has 0 spiro atoms. The summed E-state index contributed by atoms with van der Waals surface area (Å²) in [5, 5.41) is 5.47. The first-order chi connectivity index (χ1) is 13.0. The van der Waals surface area contributed by atoms with Crippen molar-refractivity contribution in [3.8, 4) is 16.8 Å². The maximum Gasteiger partial charge on any atom is 0.275 e. The van der Waals surface area contributed by atoms with Gasteiger partial charge in [0.05, 0.1) is 17.6 Å². The molecular weight excluding hydrogens is 452 g/mol. The maximum absolute atomic E-state index is 13.0. The summed E-state index contributed by atoms with van der Waals surface area (Å²) >= 11 is 9.43. The molecule has 0 unspecified atom stereocenters. The first-order valence-corrected chi connectivity index (χ1v) is 11.0. The van der Waals surface area contributed by atoms with Gasteiger partial charge in [-0.25, -0.2) is 8.42 Å². The standard InChI is InChI=1S/C19H16BrClN2O3S/c20-9-8-17-18(14-6-4-13(5-7-14)12-27(25)26)11-22-23(19(17)24)16-3-1-2-15(21)10-16/h1-7,10-11,27H,8-9,12H2. The highest BCUT2D eigenvalue weighted by molar-refractivity contribution is 9.09. The van der Waals surface area contributed by atoms with Crippen LogP contribution >= 0.6 is 27.5 Å². The molecule has 27 heavy (non-hydrogen) atoms. The monoisotopic (exact) mass is 466 g/mol. The number of alkyl halides is 1. The third kappa shape index (κ3) is 4.66. The Bertz CT molecular complexity index is 1090. The molecule has 8 heteroatoms. The van der Waals surface area contributed by atoms with E-state index in [-0.39, 0.29) is 11.3 Å². The van der Waals surface area contributed by atoms with Crippen molar-refractivity contribution in [2.75, 3.05) is 5.33 Å². The Morgan fingerprint density at radius 2 is 1.85 bits per heavy atom. The number of halogens is 2. The molecule has 1 heterocycles. The smallest absolute Gasteiger partial charge is 0.267 e. The predicted octanol–water partition coefficient (Wildman–Crippen LogP) is 3.60. The lowest BCUT2D eigenvalue weighted by molar-refractivity contribution is 0.614. The van der Waals surface area contributed by atoms with E-state index < -0.39 is 10.7 Å². The highest BCUT2D eigenvalue weighted by Crippen LogP contribution is 2.23. The van der Waals surface area contributed by atoms with Crippen LogP contribution in [0.25, 0.3) is 16.8 Å². The molecule has 3 rings (SSSR count). The summed E-state index contributed by atoms with van der Waals surface area (Å²) in [5.41, 5.74) is 3.28. The van der Waals surface area contributed by atoms with Crippen molar-refractivity contribution < 1.29 is 8.42 Å². The molecule has 1 aromatic heterocycles. The van der Waals surface area contributed by atoms with E-state index in [0.717, 1.165) is 11.1 Å². The molecular formula is C19H16BrClN2O3S. The lowest BCUT2D eigenvalue weighted by Crippen LogP contribution is -2.25. The van der Waals surface area contributed by atoms with Gasteiger partial charge >= 0.3 is 0 Å². The highest BCUT2D eigenvalue weighted by atomic mass is 79.9. The minimum Gasteiger partial charge on any atom is -0.267 e. The Hall–Kier alpha value is -1.96. The zero-order chi connectivity index (χ0) is 19.4. The Morgan fingerprint density at radius 3 is 2.48 bits per heavy atom. The average Bonchev–Trinajstić information content (AvgIpc) is 2.64. The quantitative estimate of drug-likeness (QED) is 0.444. The van der Waals surface area contributed by atoms with Crippen LogP contribution in [0.3, 0.4) is 0 Å². The highest BCUT2D eigenvalue weighted by Gasteiger charge is 2.14. The Labute approximate surface area is 171 Å². The summed E-state index contributed by atoms with van der Waals surface area (Å²) in [5.74, 6) is -0.00151. The van der Waals surface area contributed by atoms with Crippen molar-refractivity contribution in [2.24, 2.45) is 0 Å². The van der Waals surface area contributed by atoms with Crippen LogP contribution < -0.4 is 5.56 Å². The molecule has 0 saturated heterocycles. The Balaban J connectivity index is 2.08. The third-order valence-electron chi connectivity index (χ3n) is 4.05. The average molecular weight is 468 g/mol. The summed E-state index contributed by atoms with van der Waals surface area (Å²) in [6.07, 6.45) is 2.19. The van der Waals surface area contributed by atoms with E-state index in [1.165, 1.54) is 4.68 Å². The first-order valence-electron chi connectivity index (χ1n) is 8.14. The van der Waals surface area contributed by atoms with Gasteiger partial charge in [0.2, 0.25) is 0 Å². The minimum atomic E-state index is -2.47. The summed E-state index contributed by atoms with van der Waals surface area (Å²) in [7, 11) is -2.47. The molecule has 140 valence electrons. The van der Waals surface area contributed by atoms with Crippen molar-refractivity contribution >= 4 is 38.2 Å². The summed E-state index contributed by atoms with van der Waals surface area (Å²) in [6.45, 7) is 0. The molecule has 5 nitrogen and oxygen atoms in total. The summed E-state index contributed by atoms with van der Waals surface area (Å²) in [4.78, 5) is 13.0. The van der Waals surface area contributed by atoms with Gasteiger partial charge in [-0.05, 0) is 35.7 Å². The number of aromatic nitrogens is 2. The van der Waals surface area contributed by atoms with Crippen LogP contribution in [-0.4, -0.2) is 23.5 Å². The molecule has 3 aromatic rings. The van der Waals surface area contributed by atoms with Gasteiger partial charge in [-0.2, -0.15) is 9.78 Å². The number of hydrogen-bond donors (Lipinski definition) is 1. The molecule has 0 N–H and O–H groups in total. The van der Waals surface area contributed by atoms with E-state index in [0.29, 0.717) is 33.6 Å². The van der Waals surface area contributed by atoms with Gasteiger partial charge < -0.3 is 0 Å². The van der Waals surface area contributed by atoms with Gasteiger partial charge in [-0.15, -0.1) is 0 Å². The molecule has 0 atom stereocenters. The number of rotatable bonds is 6. The fourth-order valence-electron chi connectivity index (χ4n) is 2.80. The van der Waals surface area contributed by atoms with E-state index in [9.17, 15) is 13.2 Å². The van der Waals surface area contributed by atoms with Crippen LogP contribution in [0.2, 0.25) is 5.02 Å². The lowest BCUT2D eigenvalue weighted by Gasteiger charge is -2.12. The number of nitrogens with zero attached hydrogens (tertiary/aromatic N) is 2. The number of hydrogen-bond acceptors (Lipinski definition) is 4. The second-order valence-electron chi connectivity index (χ2n) is 5.86. The van der Waals surface area contributed by atoms with Crippen LogP contribution in [0.15, 0.2) is 59.5 Å². The number of thiol groups is 1. The van der Waals surface area contributed by atoms with Crippen molar-refractivity contribution in [1.82, 2.24) is 9.78 Å². The zero-order valence-corrected chi connectivity index (χ0v) is 17.4. The predicted molar refractivity (Wildman–Crippen MR) is 112 cm³/mol. The Kier molecular flexibility index (Phi) is 6.46. The van der Waals surface area contributed by atoms with Gasteiger partial charge in [-0.3, -0.25) is 4.79 Å². The normalized spacial score (nSPS) is 11.1. The Morgan fingerprint density at radius 1 is 1.11 bits per heavy atom. The largest absolute Gasteiger partial charge is 0.275 e. The van der Waals surface area contributed by atoms with Gasteiger partial charge in [0, 0.05) is 21.5 Å². The van der Waals surface area contributed by atoms with E-state index in [1.807, 2.05) is 12.1 Å². The van der Waals surface area contributed by atoms with Gasteiger partial charge in [0.15, 0.2) is 0 Å². The van der Waals surface area contributed by atoms with Crippen LogP contribution in [0.4, 0.5) is 0 Å². The van der Waals surface area contributed by atoms with Crippen molar-refractivity contribution in [3.05, 3.63) is 81.2 Å². The van der Waals surface area contributed by atoms with Gasteiger partial charge in [-0.1, -0.05) is 57.9 Å². The molecule has 0 aliphatic heterocycles. The van der Waals surface area contributed by atoms with Crippen LogP contribution in [0, 0.1) is 0 Å². The summed E-state index contributed by atoms with van der Waals surface area (Å²) in [6, 6.07) is 14.1. The SMILES string of the molecule is O=c1c(CCBr)c(-c2ccc(C[SH](=O)=O)cc2)cnn1-c1cccc(Cl)c1. The topological polar surface area (TPSA) is 69.0 Å². The second-order valence-corrected chi connectivity index (χ2v) is 8.07. The molecule has 0 fully saturated rings. The molecule has 0 amide bonds. The van der Waals surface area contributed by atoms with E-state index in [1.54, 1.807) is 42.6 Å². The fraction of sp³-hybridized carbons (Fsp3) is 0.158. The number of benzene rings is 2. The first kappa shape index (κ1) is 19.8. The molecule has 2 aromatic carbocycles. The lowest BCUT2D eigenvalue weighted by atomic mass is 10.0. The zero-order valence-electron chi connectivity index (χ0n) is 14.1. The van der Waals surface area contributed by atoms with Crippen LogP contribution in [0.1, 0.15) is 11.1 Å². The van der Waals surface area contributed by atoms with E-state index >= 15 is 0 Å². The van der Waals surface area contributed by atoms with Crippen molar-refractivity contribution in [2.45, 2.75) is 12.2 Å². The van der Waals surface area contributed by atoms with Crippen molar-refractivity contribution in [3.63, 3.8) is 0 Å².